The molecule has 0 rings (SSSR count). The zero-order chi connectivity index (χ0) is 31.9. The molecule has 0 aliphatic rings. The van der Waals surface area contributed by atoms with Crippen molar-refractivity contribution in [3.8, 4) is 0 Å². The number of hydrogen-bond donors (Lipinski definition) is 3. The molecule has 0 bridgehead atoms. The van der Waals surface area contributed by atoms with Crippen LogP contribution in [-0.4, -0.2) is 207 Å². The van der Waals surface area contributed by atoms with Crippen molar-refractivity contribution >= 4 is 159 Å². The Morgan fingerprint density at radius 1 is 0.326 bits per heavy atom. The van der Waals surface area contributed by atoms with E-state index in [1.54, 1.807) is 0 Å². The number of carbonyl (C=O) groups excluding carboxylic acids is 9. The molecule has 0 spiro atoms. The monoisotopic (exact) mass is 1450 g/mol. The molecule has 254 valence electrons. The summed E-state index contributed by atoms with van der Waals surface area (Å²) in [5.74, 6) is -18.0. The fourth-order valence-corrected chi connectivity index (χ4v) is 2.05. The van der Waals surface area contributed by atoms with Crippen LogP contribution in [0.4, 0.5) is 0 Å². The molecule has 0 aliphatic carbocycles. The van der Waals surface area contributed by atoms with Gasteiger partial charge in [0.2, 0.25) is 0 Å². The summed E-state index contributed by atoms with van der Waals surface area (Å²) < 4.78 is 0. The van der Waals surface area contributed by atoms with Crippen LogP contribution >= 0.6 is 0 Å². The Balaban J connectivity index is -0.0000000491. The molecule has 0 heterocycles. The van der Waals surface area contributed by atoms with E-state index in [2.05, 4.69) is 0 Å². The van der Waals surface area contributed by atoms with Gasteiger partial charge in [-0.2, -0.15) is 0 Å². The van der Waals surface area contributed by atoms with Gasteiger partial charge in [-0.05, 0) is 0 Å². The van der Waals surface area contributed by atoms with Crippen molar-refractivity contribution in [1.82, 2.24) is 0 Å². The van der Waals surface area contributed by atoms with Gasteiger partial charge in [0.1, 0.15) is 16.8 Å². The fourth-order valence-electron chi connectivity index (χ4n) is 2.05. The Morgan fingerprint density at radius 3 is 0.457 bits per heavy atom. The molecule has 24 nitrogen and oxygen atoms in total. The SMILES string of the molecule is O=C([O-])CC(O)(CC(=O)[O-])C(=O)[O-].O=C([O-])CC(O)(CC(=O)[O-])C(=O)[O-].O=C([O-])CC(O)(CC(=O)[O-])C(=O)[O-].[Bi+3].[Bi+3].[Bi+3].[Bi+3].[OH-].[OH-].[OH-]. The largest absolute Gasteiger partial charge is 3.00 e. The van der Waals surface area contributed by atoms with Gasteiger partial charge in [0.25, 0.3) is 0 Å². The predicted octanol–water partition coefficient (Wildman–Crippen LogP) is -17.8. The van der Waals surface area contributed by atoms with Crippen LogP contribution in [0, 0.1) is 0 Å². The zero-order valence-electron chi connectivity index (χ0n) is 22.1. The number of aliphatic hydroxyl groups is 3. The molecule has 8 radical (unpaired) electrons. The summed E-state index contributed by atoms with van der Waals surface area (Å²) in [6.07, 6.45) is -8.15. The van der Waals surface area contributed by atoms with Crippen molar-refractivity contribution in [2.75, 3.05) is 0 Å². The van der Waals surface area contributed by atoms with Crippen LogP contribution in [0.5, 0.6) is 0 Å². The van der Waals surface area contributed by atoms with Crippen LogP contribution in [0.15, 0.2) is 0 Å². The number of aliphatic carboxylic acids is 9. The maximum atomic E-state index is 10.1. The second-order valence-electron chi connectivity index (χ2n) is 7.25. The standard InChI is InChI=1S/3C6H8O7.4Bi.3H2O/c3*7-3(8)1-6(13,5(11)12)2-4(9)10;;;;;;;/h3*13H,1-2H2,(H,7,8)(H,9,10)(H,11,12);;;;;3*1H2/q;;;4*+3;;;/p-12. The quantitative estimate of drug-likeness (QED) is 0.128. The maximum absolute atomic E-state index is 10.1. The first-order chi connectivity index (χ1) is 17.3. The molecule has 6 N–H and O–H groups in total. The van der Waals surface area contributed by atoms with E-state index >= 15 is 0 Å². The smallest absolute Gasteiger partial charge is 0.870 e. The van der Waals surface area contributed by atoms with E-state index in [4.69, 9.17) is 15.3 Å². The average Bonchev–Trinajstić information content (AvgIpc) is 2.64. The summed E-state index contributed by atoms with van der Waals surface area (Å²) in [7, 11) is 0. The summed E-state index contributed by atoms with van der Waals surface area (Å²) in [6, 6.07) is 0. The van der Waals surface area contributed by atoms with Crippen molar-refractivity contribution in [3.63, 3.8) is 0 Å². The third kappa shape index (κ3) is 33.9. The van der Waals surface area contributed by atoms with E-state index in [9.17, 15) is 89.1 Å². The van der Waals surface area contributed by atoms with Gasteiger partial charge in [-0.1, -0.05) is 0 Å². The molecule has 0 saturated carbocycles. The third-order valence-corrected chi connectivity index (χ3v) is 3.76. The van der Waals surface area contributed by atoms with E-state index in [1.165, 1.54) is 0 Å². The topological polar surface area (TPSA) is 512 Å². The number of carboxylic acid groups (broad SMARTS) is 9. The van der Waals surface area contributed by atoms with Gasteiger partial charge in [-0.25, -0.2) is 0 Å². The van der Waals surface area contributed by atoms with E-state index < -0.39 is 109 Å². The molecule has 0 amide bonds. The summed E-state index contributed by atoms with van der Waals surface area (Å²) in [6.45, 7) is 0. The Labute approximate surface area is 331 Å². The van der Waals surface area contributed by atoms with Gasteiger partial charge in [-0.15, -0.1) is 0 Å². The van der Waals surface area contributed by atoms with Crippen molar-refractivity contribution in [2.24, 2.45) is 0 Å². The minimum Gasteiger partial charge on any atom is -0.870 e. The van der Waals surface area contributed by atoms with Crippen molar-refractivity contribution in [3.05, 3.63) is 0 Å². The summed E-state index contributed by atoms with van der Waals surface area (Å²) in [5, 5.41) is 117. The van der Waals surface area contributed by atoms with Gasteiger partial charge in [0.05, 0.1) is 17.9 Å². The van der Waals surface area contributed by atoms with Crippen LogP contribution in [0.1, 0.15) is 38.5 Å². The zero-order valence-corrected chi connectivity index (χ0v) is 36.0. The molecule has 0 aromatic rings. The van der Waals surface area contributed by atoms with Crippen molar-refractivity contribution in [1.29, 1.82) is 0 Å². The number of carboxylic acids is 9. The Bertz CT molecular complexity index is 828. The molecule has 46 heavy (non-hydrogen) atoms. The van der Waals surface area contributed by atoms with Crippen molar-refractivity contribution in [2.45, 2.75) is 55.3 Å². The van der Waals surface area contributed by atoms with Crippen LogP contribution in [0.3, 0.4) is 0 Å². The van der Waals surface area contributed by atoms with E-state index in [0.717, 1.165) is 0 Å². The Kier molecular flexibility index (Phi) is 49.4. The van der Waals surface area contributed by atoms with Gasteiger partial charge in [0.15, 0.2) is 0 Å². The molecule has 0 aromatic carbocycles. The van der Waals surface area contributed by atoms with Gasteiger partial charge in [0, 0.05) is 74.3 Å². The molecule has 0 aromatic heterocycles. The summed E-state index contributed by atoms with van der Waals surface area (Å²) >= 11 is 0. The molecule has 0 atom stereocenters. The minimum absolute atomic E-state index is 0. The maximum Gasteiger partial charge on any atom is 3.00 e. The van der Waals surface area contributed by atoms with Gasteiger partial charge in [-0.3, -0.25) is 0 Å². The minimum atomic E-state index is -2.97. The predicted molar refractivity (Wildman–Crippen MR) is 116 cm³/mol. The summed E-state index contributed by atoms with van der Waals surface area (Å²) in [4.78, 5) is 90.0. The fraction of sp³-hybridized carbons (Fsp3) is 0.500. The van der Waals surface area contributed by atoms with E-state index in [-0.39, 0.29) is 121 Å². The van der Waals surface area contributed by atoms with Crippen molar-refractivity contribution < 1.29 is 121 Å². The van der Waals surface area contributed by atoms with Crippen LogP contribution in [-0.2, 0) is 43.2 Å². The normalized spacial score (nSPS) is 9.20. The third-order valence-electron chi connectivity index (χ3n) is 3.76. The number of carbonyl (C=O) groups is 9. The van der Waals surface area contributed by atoms with Crippen LogP contribution in [0.2, 0.25) is 0 Å². The first-order valence-electron chi connectivity index (χ1n) is 9.34. The van der Waals surface area contributed by atoms with E-state index in [1.807, 2.05) is 0 Å². The molecule has 0 saturated heterocycles. The average molecular weight is 1450 g/mol. The Hall–Kier alpha value is -1.48. The van der Waals surface area contributed by atoms with Crippen LogP contribution < -0.4 is 46.0 Å². The molecular formula is C18H18Bi4O24. The first kappa shape index (κ1) is 70.8. The molecule has 0 unspecified atom stereocenters. The summed E-state index contributed by atoms with van der Waals surface area (Å²) in [5.41, 5.74) is -8.92. The molecule has 0 aliphatic heterocycles. The molecule has 28 heteroatoms. The van der Waals surface area contributed by atoms with Gasteiger partial charge >= 0.3 is 105 Å². The van der Waals surface area contributed by atoms with Gasteiger partial charge < -0.3 is 121 Å². The first-order valence-corrected chi connectivity index (χ1v) is 9.34. The van der Waals surface area contributed by atoms with Crippen LogP contribution in [0.25, 0.3) is 0 Å². The second-order valence-corrected chi connectivity index (χ2v) is 7.25. The van der Waals surface area contributed by atoms with E-state index in [0.29, 0.717) is 0 Å². The number of rotatable bonds is 15. The molecule has 0 fully saturated rings. The number of hydrogen-bond acceptors (Lipinski definition) is 24. The Morgan fingerprint density at radius 2 is 0.413 bits per heavy atom. The molecular weight excluding hydrogens is 1440 g/mol. The second kappa shape index (κ2) is 32.1.